The van der Waals surface area contributed by atoms with Crippen molar-refractivity contribution >= 4 is 23.4 Å². The van der Waals surface area contributed by atoms with Crippen molar-refractivity contribution in [3.8, 4) is 11.5 Å². The molecule has 190 valence electrons. The van der Waals surface area contributed by atoms with Crippen LogP contribution in [-0.2, 0) is 16.1 Å². The van der Waals surface area contributed by atoms with Gasteiger partial charge in [0.25, 0.3) is 5.91 Å². The molecule has 1 saturated carbocycles. The maximum absolute atomic E-state index is 13.4. The van der Waals surface area contributed by atoms with Gasteiger partial charge >= 0.3 is 0 Å². The van der Waals surface area contributed by atoms with E-state index >= 15 is 0 Å². The SMILES string of the molecule is CC[C@H](C(=O)NC1CCCCC1)N(Cc1ccc(OC)cc1)C(=O)COc1cc(C)c(Cl)c(C)c1. The van der Waals surface area contributed by atoms with Gasteiger partial charge in [-0.1, -0.05) is 49.9 Å². The Hall–Kier alpha value is -2.73. The number of carbonyl (C=O) groups is 2. The number of amides is 2. The van der Waals surface area contributed by atoms with E-state index in [2.05, 4.69) is 5.32 Å². The second kappa shape index (κ2) is 12.8. The molecular weight excluding hydrogens is 464 g/mol. The number of halogens is 1. The lowest BCUT2D eigenvalue weighted by atomic mass is 9.95. The van der Waals surface area contributed by atoms with E-state index in [-0.39, 0.29) is 24.5 Å². The predicted molar refractivity (Wildman–Crippen MR) is 139 cm³/mol. The van der Waals surface area contributed by atoms with Gasteiger partial charge in [0.1, 0.15) is 17.5 Å². The van der Waals surface area contributed by atoms with E-state index in [4.69, 9.17) is 21.1 Å². The molecule has 35 heavy (non-hydrogen) atoms. The molecule has 1 aliphatic rings. The van der Waals surface area contributed by atoms with Crippen LogP contribution in [0.3, 0.4) is 0 Å². The van der Waals surface area contributed by atoms with Crippen LogP contribution in [0.15, 0.2) is 36.4 Å². The molecule has 1 fully saturated rings. The number of hydrogen-bond donors (Lipinski definition) is 1. The quantitative estimate of drug-likeness (QED) is 0.461. The number of rotatable bonds is 10. The van der Waals surface area contributed by atoms with Crippen molar-refractivity contribution in [2.75, 3.05) is 13.7 Å². The van der Waals surface area contributed by atoms with Crippen molar-refractivity contribution in [3.05, 3.63) is 58.1 Å². The molecule has 0 heterocycles. The van der Waals surface area contributed by atoms with Gasteiger partial charge in [0.05, 0.1) is 7.11 Å². The van der Waals surface area contributed by atoms with Gasteiger partial charge in [-0.05, 0) is 74.1 Å². The first-order valence-electron chi connectivity index (χ1n) is 12.4. The normalized spacial score (nSPS) is 14.8. The molecule has 1 aliphatic carbocycles. The summed E-state index contributed by atoms with van der Waals surface area (Å²) in [7, 11) is 1.62. The molecule has 0 radical (unpaired) electrons. The molecular formula is C28H37ClN2O4. The molecule has 6 nitrogen and oxygen atoms in total. The van der Waals surface area contributed by atoms with Crippen molar-refractivity contribution < 1.29 is 19.1 Å². The fourth-order valence-electron chi connectivity index (χ4n) is 4.61. The molecule has 1 N–H and O–H groups in total. The van der Waals surface area contributed by atoms with Gasteiger partial charge in [0, 0.05) is 17.6 Å². The summed E-state index contributed by atoms with van der Waals surface area (Å²) in [6.07, 6.45) is 5.97. The second-order valence-corrected chi connectivity index (χ2v) is 9.67. The first-order chi connectivity index (χ1) is 16.8. The Morgan fingerprint density at radius 2 is 1.69 bits per heavy atom. The van der Waals surface area contributed by atoms with Gasteiger partial charge in [-0.15, -0.1) is 0 Å². The zero-order valence-corrected chi connectivity index (χ0v) is 22.0. The van der Waals surface area contributed by atoms with E-state index in [1.807, 2.05) is 57.2 Å². The lowest BCUT2D eigenvalue weighted by Crippen LogP contribution is -2.52. The van der Waals surface area contributed by atoms with E-state index in [1.54, 1.807) is 12.0 Å². The Kier molecular flexibility index (Phi) is 9.84. The number of hydrogen-bond acceptors (Lipinski definition) is 4. The average Bonchev–Trinajstić information content (AvgIpc) is 2.86. The van der Waals surface area contributed by atoms with Gasteiger partial charge in [-0.2, -0.15) is 0 Å². The summed E-state index contributed by atoms with van der Waals surface area (Å²) in [6, 6.07) is 10.8. The third-order valence-corrected chi connectivity index (χ3v) is 7.22. The van der Waals surface area contributed by atoms with Gasteiger partial charge in [-0.3, -0.25) is 9.59 Å². The van der Waals surface area contributed by atoms with Crippen LogP contribution in [0.2, 0.25) is 5.02 Å². The lowest BCUT2D eigenvalue weighted by molar-refractivity contribution is -0.143. The van der Waals surface area contributed by atoms with Crippen molar-refractivity contribution in [1.82, 2.24) is 10.2 Å². The number of carbonyl (C=O) groups excluding carboxylic acids is 2. The molecule has 7 heteroatoms. The molecule has 0 aliphatic heterocycles. The van der Waals surface area contributed by atoms with Crippen molar-refractivity contribution in [2.24, 2.45) is 0 Å². The molecule has 0 spiro atoms. The molecule has 2 aromatic rings. The van der Waals surface area contributed by atoms with Crippen LogP contribution >= 0.6 is 11.6 Å². The van der Waals surface area contributed by atoms with Crippen LogP contribution in [0.25, 0.3) is 0 Å². The van der Waals surface area contributed by atoms with E-state index < -0.39 is 6.04 Å². The highest BCUT2D eigenvalue weighted by atomic mass is 35.5. The molecule has 1 atom stereocenters. The number of nitrogens with zero attached hydrogens (tertiary/aromatic N) is 1. The summed E-state index contributed by atoms with van der Waals surface area (Å²) >= 11 is 6.27. The Labute approximate surface area is 213 Å². The minimum atomic E-state index is -0.580. The van der Waals surface area contributed by atoms with E-state index in [1.165, 1.54) is 6.42 Å². The first kappa shape index (κ1) is 26.9. The van der Waals surface area contributed by atoms with Crippen molar-refractivity contribution in [2.45, 2.75) is 77.9 Å². The minimum absolute atomic E-state index is 0.0977. The first-order valence-corrected chi connectivity index (χ1v) is 12.8. The average molecular weight is 501 g/mol. The topological polar surface area (TPSA) is 67.9 Å². The Bertz CT molecular complexity index is 980. The Balaban J connectivity index is 1.78. The third-order valence-electron chi connectivity index (χ3n) is 6.62. The van der Waals surface area contributed by atoms with Crippen LogP contribution < -0.4 is 14.8 Å². The standard InChI is InChI=1S/C28H37ClN2O4/c1-5-25(28(33)30-22-9-7-6-8-10-22)31(17-21-11-13-23(34-4)14-12-21)26(32)18-35-24-15-19(2)27(29)20(3)16-24/h11-16,22,25H,5-10,17-18H2,1-4H3,(H,30,33)/t25-/m1/s1. The minimum Gasteiger partial charge on any atom is -0.497 e. The van der Waals surface area contributed by atoms with E-state index in [0.717, 1.165) is 48.1 Å². The number of aryl methyl sites for hydroxylation is 2. The highest BCUT2D eigenvalue weighted by Gasteiger charge is 2.30. The summed E-state index contributed by atoms with van der Waals surface area (Å²) in [6.45, 7) is 5.89. The summed E-state index contributed by atoms with van der Waals surface area (Å²) < 4.78 is 11.1. The third kappa shape index (κ3) is 7.38. The highest BCUT2D eigenvalue weighted by molar-refractivity contribution is 6.32. The maximum Gasteiger partial charge on any atom is 0.261 e. The van der Waals surface area contributed by atoms with Crippen LogP contribution in [0, 0.1) is 13.8 Å². The molecule has 0 unspecified atom stereocenters. The summed E-state index contributed by atoms with van der Waals surface area (Å²) in [5.74, 6) is 0.989. The number of benzene rings is 2. The summed E-state index contributed by atoms with van der Waals surface area (Å²) in [4.78, 5) is 28.4. The predicted octanol–water partition coefficient (Wildman–Crippen LogP) is 5.60. The molecule has 0 saturated heterocycles. The fraction of sp³-hybridized carbons (Fsp3) is 0.500. The second-order valence-electron chi connectivity index (χ2n) is 9.30. The van der Waals surface area contributed by atoms with Crippen molar-refractivity contribution in [3.63, 3.8) is 0 Å². The monoisotopic (exact) mass is 500 g/mol. The molecule has 2 amide bonds. The fourth-order valence-corrected chi connectivity index (χ4v) is 4.72. The van der Waals surface area contributed by atoms with Crippen LogP contribution in [0.1, 0.15) is 62.1 Å². The number of nitrogens with one attached hydrogen (secondary N) is 1. The van der Waals surface area contributed by atoms with Crippen LogP contribution in [0.4, 0.5) is 0 Å². The van der Waals surface area contributed by atoms with Gasteiger partial charge in [0.2, 0.25) is 5.91 Å². The smallest absolute Gasteiger partial charge is 0.261 e. The lowest BCUT2D eigenvalue weighted by Gasteiger charge is -2.32. The number of ether oxygens (including phenoxy) is 2. The Morgan fingerprint density at radius 3 is 2.26 bits per heavy atom. The number of methoxy groups -OCH3 is 1. The van der Waals surface area contributed by atoms with E-state index in [9.17, 15) is 9.59 Å². The molecule has 0 bridgehead atoms. The maximum atomic E-state index is 13.4. The van der Waals surface area contributed by atoms with Crippen LogP contribution in [0.5, 0.6) is 11.5 Å². The molecule has 3 rings (SSSR count). The Morgan fingerprint density at radius 1 is 1.06 bits per heavy atom. The molecule has 0 aromatic heterocycles. The summed E-state index contributed by atoms with van der Waals surface area (Å²) in [5, 5.41) is 3.89. The largest absolute Gasteiger partial charge is 0.497 e. The molecule has 2 aromatic carbocycles. The van der Waals surface area contributed by atoms with E-state index in [0.29, 0.717) is 23.7 Å². The zero-order chi connectivity index (χ0) is 25.4. The van der Waals surface area contributed by atoms with Crippen molar-refractivity contribution in [1.29, 1.82) is 0 Å². The van der Waals surface area contributed by atoms with Gasteiger partial charge in [-0.25, -0.2) is 0 Å². The summed E-state index contributed by atoms with van der Waals surface area (Å²) in [5.41, 5.74) is 2.70. The van der Waals surface area contributed by atoms with Gasteiger partial charge < -0.3 is 19.7 Å². The zero-order valence-electron chi connectivity index (χ0n) is 21.2. The van der Waals surface area contributed by atoms with Crippen LogP contribution in [-0.4, -0.2) is 42.5 Å². The van der Waals surface area contributed by atoms with Gasteiger partial charge in [0.15, 0.2) is 6.61 Å². The highest BCUT2D eigenvalue weighted by Crippen LogP contribution is 2.26.